The minimum atomic E-state index is 0.186. The van der Waals surface area contributed by atoms with E-state index in [0.717, 1.165) is 34.6 Å². The number of amides is 1. The van der Waals surface area contributed by atoms with Gasteiger partial charge >= 0.3 is 0 Å². The third-order valence-corrected chi connectivity index (χ3v) is 4.41. The molecule has 3 rings (SSSR count). The highest BCUT2D eigenvalue weighted by Gasteiger charge is 2.29. The van der Waals surface area contributed by atoms with Crippen LogP contribution in [0.3, 0.4) is 0 Å². The molecule has 0 aliphatic carbocycles. The Bertz CT molecular complexity index is 649. The van der Waals surface area contributed by atoms with Crippen LogP contribution in [0.2, 0.25) is 0 Å². The first-order valence-corrected chi connectivity index (χ1v) is 7.08. The van der Waals surface area contributed by atoms with Gasteiger partial charge in [-0.2, -0.15) is 17.7 Å². The Hall–Kier alpha value is -1.49. The van der Waals surface area contributed by atoms with Gasteiger partial charge in [-0.05, 0) is 36.8 Å². The maximum absolute atomic E-state index is 12.0. The fraction of sp³-hybridized carbons (Fsp3) is 0.429. The van der Waals surface area contributed by atoms with Crippen LogP contribution in [0.4, 0.5) is 5.69 Å². The highest BCUT2D eigenvalue weighted by Crippen LogP contribution is 2.29. The van der Waals surface area contributed by atoms with Crippen LogP contribution in [0.15, 0.2) is 18.2 Å². The van der Waals surface area contributed by atoms with Crippen molar-refractivity contribution in [3.63, 3.8) is 0 Å². The molecule has 2 aromatic rings. The summed E-state index contributed by atoms with van der Waals surface area (Å²) < 4.78 is 1.87. The van der Waals surface area contributed by atoms with E-state index in [4.69, 9.17) is 0 Å². The third-order valence-electron chi connectivity index (χ3n) is 3.89. The average molecular weight is 275 g/mol. The van der Waals surface area contributed by atoms with Crippen molar-refractivity contribution in [3.8, 4) is 0 Å². The van der Waals surface area contributed by atoms with Crippen LogP contribution in [0.1, 0.15) is 12.1 Å². The Morgan fingerprint density at radius 2 is 2.26 bits per heavy atom. The van der Waals surface area contributed by atoms with Crippen LogP contribution < -0.4 is 4.90 Å². The highest BCUT2D eigenvalue weighted by molar-refractivity contribution is 7.80. The molecule has 0 N–H and O–H groups in total. The second-order valence-electron chi connectivity index (χ2n) is 5.17. The zero-order valence-corrected chi connectivity index (χ0v) is 12.0. The van der Waals surface area contributed by atoms with Crippen molar-refractivity contribution >= 4 is 35.1 Å². The molecule has 1 aliphatic heterocycles. The number of carbonyl (C=O) groups excluding carboxylic acids is 1. The molecule has 100 valence electrons. The summed E-state index contributed by atoms with van der Waals surface area (Å²) in [6.07, 6.45) is 0.600. The van der Waals surface area contributed by atoms with E-state index in [9.17, 15) is 4.79 Å². The standard InChI is InChI=1S/C14H17N3OS/c1-9-12-4-3-11(6-13(12)15-16(9)2)17-7-10(8-19)5-14(17)18/h3-4,6,10,19H,5,7-8H2,1-2H3. The van der Waals surface area contributed by atoms with Crippen molar-refractivity contribution in [1.29, 1.82) is 0 Å². The molecule has 1 atom stereocenters. The molecular formula is C14H17N3OS. The largest absolute Gasteiger partial charge is 0.312 e. The maximum atomic E-state index is 12.0. The van der Waals surface area contributed by atoms with Crippen LogP contribution in [-0.4, -0.2) is 28.0 Å². The molecule has 1 fully saturated rings. The topological polar surface area (TPSA) is 38.1 Å². The molecule has 0 saturated carbocycles. The first-order valence-electron chi connectivity index (χ1n) is 6.44. The van der Waals surface area contributed by atoms with Gasteiger partial charge < -0.3 is 4.90 Å². The summed E-state index contributed by atoms with van der Waals surface area (Å²) in [6, 6.07) is 6.06. The zero-order chi connectivity index (χ0) is 13.6. The van der Waals surface area contributed by atoms with E-state index in [0.29, 0.717) is 12.3 Å². The van der Waals surface area contributed by atoms with Crippen LogP contribution in [0, 0.1) is 12.8 Å². The lowest BCUT2D eigenvalue weighted by atomic mass is 10.1. The van der Waals surface area contributed by atoms with Crippen LogP contribution in [-0.2, 0) is 11.8 Å². The predicted molar refractivity (Wildman–Crippen MR) is 79.8 cm³/mol. The molecular weight excluding hydrogens is 258 g/mol. The van der Waals surface area contributed by atoms with Gasteiger partial charge in [0.25, 0.3) is 0 Å². The quantitative estimate of drug-likeness (QED) is 0.853. The Morgan fingerprint density at radius 1 is 1.47 bits per heavy atom. The van der Waals surface area contributed by atoms with Gasteiger partial charge in [0.05, 0.1) is 5.52 Å². The third kappa shape index (κ3) is 2.02. The normalized spacial score (nSPS) is 19.6. The minimum absolute atomic E-state index is 0.186. The molecule has 4 nitrogen and oxygen atoms in total. The minimum Gasteiger partial charge on any atom is -0.312 e. The smallest absolute Gasteiger partial charge is 0.227 e. The Kier molecular flexibility index (Phi) is 3.01. The Morgan fingerprint density at radius 3 is 2.95 bits per heavy atom. The number of fused-ring (bicyclic) bond motifs is 1. The molecule has 1 saturated heterocycles. The molecule has 1 aliphatic rings. The van der Waals surface area contributed by atoms with Gasteiger partial charge in [-0.1, -0.05) is 0 Å². The van der Waals surface area contributed by atoms with Crippen molar-refractivity contribution in [2.24, 2.45) is 13.0 Å². The van der Waals surface area contributed by atoms with Crippen LogP contribution in [0.5, 0.6) is 0 Å². The van der Waals surface area contributed by atoms with Crippen molar-refractivity contribution < 1.29 is 4.79 Å². The second kappa shape index (κ2) is 4.56. The van der Waals surface area contributed by atoms with E-state index in [1.165, 1.54) is 0 Å². The fourth-order valence-electron chi connectivity index (χ4n) is 2.64. The summed E-state index contributed by atoms with van der Waals surface area (Å²) in [5.41, 5.74) is 3.03. The van der Waals surface area contributed by atoms with Gasteiger partial charge in [0.15, 0.2) is 0 Å². The number of hydrogen-bond donors (Lipinski definition) is 1. The number of nitrogens with zero attached hydrogens (tertiary/aromatic N) is 3. The van der Waals surface area contributed by atoms with Gasteiger partial charge in [-0.25, -0.2) is 0 Å². The molecule has 5 heteroatoms. The van der Waals surface area contributed by atoms with E-state index >= 15 is 0 Å². The molecule has 1 aromatic heterocycles. The first kappa shape index (κ1) is 12.5. The number of thiol groups is 1. The summed E-state index contributed by atoms with van der Waals surface area (Å²) in [5.74, 6) is 1.30. The number of carbonyl (C=O) groups is 1. The second-order valence-corrected chi connectivity index (χ2v) is 5.53. The number of anilines is 1. The van der Waals surface area contributed by atoms with E-state index in [1.54, 1.807) is 0 Å². The monoisotopic (exact) mass is 275 g/mol. The number of hydrogen-bond acceptors (Lipinski definition) is 3. The summed E-state index contributed by atoms with van der Waals surface area (Å²) in [5, 5.41) is 5.61. The number of rotatable bonds is 2. The fourth-order valence-corrected chi connectivity index (χ4v) is 2.89. The number of aryl methyl sites for hydroxylation is 2. The average Bonchev–Trinajstić information content (AvgIpc) is 2.91. The van der Waals surface area contributed by atoms with Crippen molar-refractivity contribution in [1.82, 2.24) is 9.78 Å². The van der Waals surface area contributed by atoms with Gasteiger partial charge in [0, 0.05) is 36.8 Å². The Balaban J connectivity index is 2.00. The summed E-state index contributed by atoms with van der Waals surface area (Å²) in [6.45, 7) is 2.81. The zero-order valence-electron chi connectivity index (χ0n) is 11.1. The molecule has 0 spiro atoms. The van der Waals surface area contributed by atoms with Gasteiger partial charge in [0.1, 0.15) is 0 Å². The van der Waals surface area contributed by atoms with Gasteiger partial charge in [0.2, 0.25) is 5.91 Å². The predicted octanol–water partition coefficient (Wildman–Crippen LogP) is 2.16. The molecule has 1 amide bonds. The molecule has 1 aromatic carbocycles. The van der Waals surface area contributed by atoms with E-state index in [1.807, 2.05) is 41.8 Å². The maximum Gasteiger partial charge on any atom is 0.227 e. The van der Waals surface area contributed by atoms with E-state index < -0.39 is 0 Å². The first-order chi connectivity index (χ1) is 9.10. The van der Waals surface area contributed by atoms with Crippen molar-refractivity contribution in [2.75, 3.05) is 17.2 Å². The van der Waals surface area contributed by atoms with Gasteiger partial charge in [-0.15, -0.1) is 0 Å². The molecule has 19 heavy (non-hydrogen) atoms. The summed E-state index contributed by atoms with van der Waals surface area (Å²) in [4.78, 5) is 13.9. The highest BCUT2D eigenvalue weighted by atomic mass is 32.1. The van der Waals surface area contributed by atoms with E-state index in [2.05, 4.69) is 17.7 Å². The lowest BCUT2D eigenvalue weighted by Crippen LogP contribution is -2.24. The lowest BCUT2D eigenvalue weighted by Gasteiger charge is -2.16. The lowest BCUT2D eigenvalue weighted by molar-refractivity contribution is -0.117. The molecule has 2 heterocycles. The number of aromatic nitrogens is 2. The number of benzene rings is 1. The van der Waals surface area contributed by atoms with Crippen LogP contribution in [0.25, 0.3) is 10.9 Å². The van der Waals surface area contributed by atoms with Crippen molar-refractivity contribution in [3.05, 3.63) is 23.9 Å². The van der Waals surface area contributed by atoms with Gasteiger partial charge in [-0.3, -0.25) is 9.48 Å². The Labute approximate surface area is 117 Å². The van der Waals surface area contributed by atoms with Crippen molar-refractivity contribution in [2.45, 2.75) is 13.3 Å². The van der Waals surface area contributed by atoms with Crippen LogP contribution >= 0.6 is 12.6 Å². The summed E-state index contributed by atoms with van der Waals surface area (Å²) >= 11 is 4.29. The molecule has 1 unspecified atom stereocenters. The van der Waals surface area contributed by atoms with E-state index in [-0.39, 0.29) is 5.91 Å². The SMILES string of the molecule is Cc1c2ccc(N3CC(CS)CC3=O)cc2nn1C. The molecule has 0 bridgehead atoms. The molecule has 0 radical (unpaired) electrons. The summed E-state index contributed by atoms with van der Waals surface area (Å²) in [7, 11) is 1.94.